The quantitative estimate of drug-likeness (QED) is 0.288. The van der Waals surface area contributed by atoms with Crippen LogP contribution >= 0.6 is 22.6 Å². The SMILES string of the molecule is Cc1ccc(S(=O)(=O)OCCOC2(C#CI)CCCCC2)cc1. The highest BCUT2D eigenvalue weighted by molar-refractivity contribution is 14.1. The van der Waals surface area contributed by atoms with Gasteiger partial charge >= 0.3 is 0 Å². The molecular weight excluding hydrogens is 427 g/mol. The molecule has 1 saturated carbocycles. The molecular formula is C17H21IO4S. The van der Waals surface area contributed by atoms with Crippen molar-refractivity contribution in [1.29, 1.82) is 0 Å². The highest BCUT2D eigenvalue weighted by atomic mass is 127. The largest absolute Gasteiger partial charge is 0.360 e. The van der Waals surface area contributed by atoms with Crippen LogP contribution in [-0.4, -0.2) is 27.2 Å². The summed E-state index contributed by atoms with van der Waals surface area (Å²) < 4.78 is 38.0. The van der Waals surface area contributed by atoms with Gasteiger partial charge in [0.15, 0.2) is 0 Å². The fourth-order valence-corrected chi connectivity index (χ4v) is 4.05. The predicted molar refractivity (Wildman–Crippen MR) is 97.9 cm³/mol. The Morgan fingerprint density at radius 2 is 1.78 bits per heavy atom. The molecule has 0 atom stereocenters. The van der Waals surface area contributed by atoms with Crippen molar-refractivity contribution in [3.63, 3.8) is 0 Å². The number of hydrogen-bond acceptors (Lipinski definition) is 4. The Labute approximate surface area is 152 Å². The third-order valence-corrected chi connectivity index (χ3v) is 5.54. The fraction of sp³-hybridized carbons (Fsp3) is 0.529. The first-order valence-corrected chi connectivity index (χ1v) is 10.2. The first kappa shape index (κ1) is 18.7. The molecule has 0 amide bonds. The van der Waals surface area contributed by atoms with Crippen LogP contribution in [-0.2, 0) is 19.0 Å². The van der Waals surface area contributed by atoms with E-state index in [1.54, 1.807) is 24.3 Å². The molecule has 2 rings (SSSR count). The Morgan fingerprint density at radius 1 is 1.13 bits per heavy atom. The summed E-state index contributed by atoms with van der Waals surface area (Å²) in [4.78, 5) is 0.169. The van der Waals surface area contributed by atoms with Crippen LogP contribution in [0, 0.1) is 16.8 Å². The predicted octanol–water partition coefficient (Wildman–Crippen LogP) is 3.82. The van der Waals surface area contributed by atoms with Crippen LogP contribution < -0.4 is 0 Å². The Kier molecular flexibility index (Phi) is 6.89. The molecule has 1 fully saturated rings. The number of halogens is 1. The second-order valence-electron chi connectivity index (χ2n) is 5.71. The highest BCUT2D eigenvalue weighted by Gasteiger charge is 2.31. The average molecular weight is 448 g/mol. The van der Waals surface area contributed by atoms with Gasteiger partial charge in [-0.05, 0) is 48.7 Å². The Balaban J connectivity index is 1.88. The zero-order valence-corrected chi connectivity index (χ0v) is 16.2. The molecule has 23 heavy (non-hydrogen) atoms. The molecule has 0 aliphatic heterocycles. The standard InChI is InChI=1S/C17H21IO4S/c1-15-5-7-16(8-6-15)23(19,20)22-14-13-21-17(11-12-18)9-3-2-4-10-17/h5-8H,2-4,9-10,13-14H2,1H3. The third-order valence-electron chi connectivity index (χ3n) is 3.95. The van der Waals surface area contributed by atoms with Gasteiger partial charge < -0.3 is 4.74 Å². The average Bonchev–Trinajstić information content (AvgIpc) is 2.53. The lowest BCUT2D eigenvalue weighted by Crippen LogP contribution is -2.34. The maximum Gasteiger partial charge on any atom is 0.297 e. The van der Waals surface area contributed by atoms with Crippen molar-refractivity contribution in [2.45, 2.75) is 49.5 Å². The summed E-state index contributed by atoms with van der Waals surface area (Å²) in [7, 11) is -3.73. The molecule has 0 unspecified atom stereocenters. The van der Waals surface area contributed by atoms with Crippen molar-refractivity contribution in [1.82, 2.24) is 0 Å². The van der Waals surface area contributed by atoms with Gasteiger partial charge in [0.25, 0.3) is 10.1 Å². The van der Waals surface area contributed by atoms with E-state index in [0.717, 1.165) is 31.2 Å². The minimum absolute atomic E-state index is 0.000878. The summed E-state index contributed by atoms with van der Waals surface area (Å²) in [5, 5.41) is 0. The molecule has 1 aromatic rings. The van der Waals surface area contributed by atoms with Gasteiger partial charge in [-0.2, -0.15) is 8.42 Å². The molecule has 6 heteroatoms. The van der Waals surface area contributed by atoms with Crippen LogP contribution in [0.15, 0.2) is 29.2 Å². The van der Waals surface area contributed by atoms with Crippen LogP contribution in [0.4, 0.5) is 0 Å². The first-order valence-electron chi connectivity index (χ1n) is 7.70. The smallest absolute Gasteiger partial charge is 0.297 e. The number of aryl methyl sites for hydroxylation is 1. The second-order valence-corrected chi connectivity index (χ2v) is 7.87. The van der Waals surface area contributed by atoms with E-state index in [1.165, 1.54) is 6.42 Å². The van der Waals surface area contributed by atoms with Crippen molar-refractivity contribution >= 4 is 32.7 Å². The Morgan fingerprint density at radius 3 is 2.39 bits per heavy atom. The molecule has 1 aliphatic rings. The lowest BCUT2D eigenvalue weighted by Gasteiger charge is -2.32. The molecule has 126 valence electrons. The molecule has 0 aromatic heterocycles. The van der Waals surface area contributed by atoms with Gasteiger partial charge in [0.1, 0.15) is 5.60 Å². The molecule has 0 bridgehead atoms. The van der Waals surface area contributed by atoms with E-state index in [9.17, 15) is 8.42 Å². The van der Waals surface area contributed by atoms with Crippen LogP contribution in [0.2, 0.25) is 0 Å². The van der Waals surface area contributed by atoms with Crippen LogP contribution in [0.5, 0.6) is 0 Å². The van der Waals surface area contributed by atoms with E-state index in [4.69, 9.17) is 8.92 Å². The molecule has 0 N–H and O–H groups in total. The summed E-state index contributed by atoms with van der Waals surface area (Å²) in [6, 6.07) is 6.60. The lowest BCUT2D eigenvalue weighted by atomic mass is 9.85. The molecule has 0 spiro atoms. The van der Waals surface area contributed by atoms with E-state index in [-0.39, 0.29) is 18.1 Å². The number of ether oxygens (including phenoxy) is 1. The van der Waals surface area contributed by atoms with E-state index in [0.29, 0.717) is 0 Å². The van der Waals surface area contributed by atoms with E-state index < -0.39 is 15.7 Å². The zero-order chi connectivity index (χ0) is 16.8. The Hall–Kier alpha value is -0.620. The van der Waals surface area contributed by atoms with E-state index >= 15 is 0 Å². The van der Waals surface area contributed by atoms with Gasteiger partial charge in [0, 0.05) is 22.6 Å². The van der Waals surface area contributed by atoms with Crippen molar-refractivity contribution < 1.29 is 17.3 Å². The van der Waals surface area contributed by atoms with Crippen molar-refractivity contribution in [3.8, 4) is 9.85 Å². The molecule has 0 heterocycles. The van der Waals surface area contributed by atoms with E-state index in [2.05, 4.69) is 9.85 Å². The van der Waals surface area contributed by atoms with Crippen molar-refractivity contribution in [2.75, 3.05) is 13.2 Å². The molecule has 1 aromatic carbocycles. The van der Waals surface area contributed by atoms with Gasteiger partial charge in [-0.3, -0.25) is 4.18 Å². The second kappa shape index (κ2) is 8.47. The minimum Gasteiger partial charge on any atom is -0.360 e. The molecule has 0 saturated heterocycles. The summed E-state index contributed by atoms with van der Waals surface area (Å²) >= 11 is 2.02. The number of benzene rings is 1. The van der Waals surface area contributed by atoms with Crippen LogP contribution in [0.3, 0.4) is 0 Å². The van der Waals surface area contributed by atoms with Crippen LogP contribution in [0.25, 0.3) is 0 Å². The van der Waals surface area contributed by atoms with E-state index in [1.807, 2.05) is 29.5 Å². The minimum atomic E-state index is -3.73. The number of rotatable bonds is 6. The Bertz CT molecular complexity index is 665. The normalized spacial score (nSPS) is 17.3. The van der Waals surface area contributed by atoms with Crippen molar-refractivity contribution in [3.05, 3.63) is 29.8 Å². The summed E-state index contributed by atoms with van der Waals surface area (Å²) in [5.74, 6) is 3.14. The van der Waals surface area contributed by atoms with Gasteiger partial charge in [0.05, 0.1) is 18.1 Å². The molecule has 0 radical (unpaired) electrons. The lowest BCUT2D eigenvalue weighted by molar-refractivity contribution is -0.0360. The summed E-state index contributed by atoms with van der Waals surface area (Å²) in [5.41, 5.74) is 0.570. The highest BCUT2D eigenvalue weighted by Crippen LogP contribution is 2.31. The summed E-state index contributed by atoms with van der Waals surface area (Å²) in [6.45, 7) is 2.13. The fourth-order valence-electron chi connectivity index (χ4n) is 2.67. The van der Waals surface area contributed by atoms with Gasteiger partial charge in [-0.25, -0.2) is 0 Å². The number of hydrogen-bond donors (Lipinski definition) is 0. The van der Waals surface area contributed by atoms with Crippen LogP contribution in [0.1, 0.15) is 37.7 Å². The van der Waals surface area contributed by atoms with Gasteiger partial charge in [-0.1, -0.05) is 30.0 Å². The van der Waals surface area contributed by atoms with Crippen molar-refractivity contribution in [2.24, 2.45) is 0 Å². The van der Waals surface area contributed by atoms with Gasteiger partial charge in [-0.15, -0.1) is 0 Å². The zero-order valence-electron chi connectivity index (χ0n) is 13.2. The van der Waals surface area contributed by atoms with Gasteiger partial charge in [0.2, 0.25) is 0 Å². The first-order chi connectivity index (χ1) is 11.0. The molecule has 1 aliphatic carbocycles. The maximum atomic E-state index is 12.1. The third kappa shape index (κ3) is 5.45. The topological polar surface area (TPSA) is 52.6 Å². The monoisotopic (exact) mass is 448 g/mol. The summed E-state index contributed by atoms with van der Waals surface area (Å²) in [6.07, 6.45) is 5.18. The molecule has 4 nitrogen and oxygen atoms in total. The maximum absolute atomic E-state index is 12.1.